The van der Waals surface area contributed by atoms with Gasteiger partial charge in [0.2, 0.25) is 0 Å². The molecule has 0 radical (unpaired) electrons. The number of ketones is 1. The van der Waals surface area contributed by atoms with Crippen LogP contribution in [0.4, 0.5) is 0 Å². The van der Waals surface area contributed by atoms with Crippen LogP contribution in [0.15, 0.2) is 0 Å². The average Bonchev–Trinajstić information content (AvgIpc) is 2.82. The van der Waals surface area contributed by atoms with Gasteiger partial charge in [-0.3, -0.25) is 4.79 Å². The molecule has 4 aliphatic carbocycles. The molecule has 2 nitrogen and oxygen atoms in total. The van der Waals surface area contributed by atoms with Crippen molar-refractivity contribution in [1.82, 2.24) is 0 Å². The molecule has 0 spiro atoms. The molecule has 4 fully saturated rings. The molecule has 0 bridgehead atoms. The van der Waals surface area contributed by atoms with Crippen molar-refractivity contribution in [3.63, 3.8) is 0 Å². The van der Waals surface area contributed by atoms with Gasteiger partial charge in [-0.15, -0.1) is 0 Å². The highest BCUT2D eigenvalue weighted by Crippen LogP contribution is 2.65. The largest absolute Gasteiger partial charge is 0.381 e. The Balaban J connectivity index is 1.60. The van der Waals surface area contributed by atoms with Gasteiger partial charge in [0.15, 0.2) is 0 Å². The van der Waals surface area contributed by atoms with Gasteiger partial charge in [-0.25, -0.2) is 0 Å². The van der Waals surface area contributed by atoms with Crippen molar-refractivity contribution < 1.29 is 9.53 Å². The van der Waals surface area contributed by atoms with Crippen LogP contribution in [-0.2, 0) is 9.53 Å². The first kappa shape index (κ1) is 15.2. The molecule has 4 aliphatic rings. The van der Waals surface area contributed by atoms with Crippen LogP contribution in [0.5, 0.6) is 0 Å². The Kier molecular flexibility index (Phi) is 3.49. The van der Waals surface area contributed by atoms with Crippen molar-refractivity contribution in [3.8, 4) is 0 Å². The summed E-state index contributed by atoms with van der Waals surface area (Å²) in [6, 6.07) is 0. The molecular weight excluding hydrogens is 272 g/mol. The van der Waals surface area contributed by atoms with Crippen molar-refractivity contribution in [1.29, 1.82) is 0 Å². The summed E-state index contributed by atoms with van der Waals surface area (Å²) in [5.41, 5.74) is 0.555. The summed E-state index contributed by atoms with van der Waals surface area (Å²) in [4.78, 5) is 12.4. The second-order valence-corrected chi connectivity index (χ2v) is 9.21. The van der Waals surface area contributed by atoms with E-state index in [4.69, 9.17) is 4.74 Å². The zero-order valence-electron chi connectivity index (χ0n) is 14.6. The Morgan fingerprint density at radius 3 is 2.59 bits per heavy atom. The summed E-state index contributed by atoms with van der Waals surface area (Å²) < 4.78 is 5.68. The third-order valence-electron chi connectivity index (χ3n) is 8.66. The topological polar surface area (TPSA) is 26.3 Å². The van der Waals surface area contributed by atoms with Gasteiger partial charge in [0.1, 0.15) is 5.78 Å². The van der Waals surface area contributed by atoms with Gasteiger partial charge in [0.25, 0.3) is 0 Å². The first-order valence-electron chi connectivity index (χ1n) is 9.55. The number of Topliss-reactive ketones (excluding diaryl/α,β-unsaturated/α-hetero) is 1. The third kappa shape index (κ3) is 1.92. The highest BCUT2D eigenvalue weighted by molar-refractivity contribution is 5.87. The summed E-state index contributed by atoms with van der Waals surface area (Å²) in [6.07, 6.45) is 11.6. The monoisotopic (exact) mass is 304 g/mol. The van der Waals surface area contributed by atoms with Gasteiger partial charge >= 0.3 is 0 Å². The highest BCUT2D eigenvalue weighted by Gasteiger charge is 2.60. The Hall–Kier alpha value is -0.370. The Bertz CT molecular complexity index is 472. The first-order valence-corrected chi connectivity index (χ1v) is 9.55. The lowest BCUT2D eigenvalue weighted by Gasteiger charge is -2.60. The van der Waals surface area contributed by atoms with Crippen molar-refractivity contribution >= 4 is 5.78 Å². The normalized spacial score (nSPS) is 54.5. The predicted octanol–water partition coefficient (Wildman–Crippen LogP) is 4.61. The van der Waals surface area contributed by atoms with Gasteiger partial charge in [0.05, 0.1) is 6.10 Å². The summed E-state index contributed by atoms with van der Waals surface area (Å²) in [5.74, 6) is 3.82. The molecule has 0 aromatic heterocycles. The van der Waals surface area contributed by atoms with E-state index < -0.39 is 0 Å². The van der Waals surface area contributed by atoms with E-state index in [2.05, 4.69) is 13.8 Å². The fourth-order valence-corrected chi connectivity index (χ4v) is 7.20. The van der Waals surface area contributed by atoms with Gasteiger partial charge in [-0.05, 0) is 80.5 Å². The number of carbonyl (C=O) groups is 1. The van der Waals surface area contributed by atoms with Gasteiger partial charge in [-0.2, -0.15) is 0 Å². The maximum atomic E-state index is 12.4. The Morgan fingerprint density at radius 2 is 1.82 bits per heavy atom. The van der Waals surface area contributed by atoms with Crippen LogP contribution in [-0.4, -0.2) is 19.0 Å². The lowest BCUT2D eigenvalue weighted by atomic mass is 9.45. The number of fused-ring (bicyclic) bond motifs is 5. The smallest absolute Gasteiger partial charge is 0.139 e. The van der Waals surface area contributed by atoms with E-state index in [1.165, 1.54) is 44.9 Å². The molecule has 1 unspecified atom stereocenters. The standard InChI is InChI=1S/C20H32O2/c1-19-10-8-14(22-3)12-13(19)4-5-15-16-6-7-18(21)20(16,2)11-9-17(15)19/h13-17H,4-12H2,1-3H3/t13-,14?,15-,16-,17-,19-,20-/m0/s1. The quantitative estimate of drug-likeness (QED) is 0.707. The zero-order chi connectivity index (χ0) is 15.5. The lowest BCUT2D eigenvalue weighted by molar-refractivity contribution is -0.143. The van der Waals surface area contributed by atoms with E-state index in [1.807, 2.05) is 7.11 Å². The third-order valence-corrected chi connectivity index (χ3v) is 8.66. The van der Waals surface area contributed by atoms with Crippen LogP contribution < -0.4 is 0 Å². The van der Waals surface area contributed by atoms with Crippen LogP contribution in [0.3, 0.4) is 0 Å². The number of rotatable bonds is 1. The molecule has 0 heterocycles. The molecule has 0 amide bonds. The van der Waals surface area contributed by atoms with Crippen molar-refractivity contribution in [2.75, 3.05) is 7.11 Å². The predicted molar refractivity (Wildman–Crippen MR) is 87.5 cm³/mol. The molecule has 124 valence electrons. The molecule has 22 heavy (non-hydrogen) atoms. The molecule has 4 saturated carbocycles. The highest BCUT2D eigenvalue weighted by atomic mass is 16.5. The molecule has 0 aromatic rings. The molecular formula is C20H32O2. The summed E-state index contributed by atoms with van der Waals surface area (Å²) in [5, 5.41) is 0. The van der Waals surface area contributed by atoms with Crippen LogP contribution >= 0.6 is 0 Å². The maximum absolute atomic E-state index is 12.4. The van der Waals surface area contributed by atoms with E-state index in [9.17, 15) is 4.79 Å². The van der Waals surface area contributed by atoms with Crippen LogP contribution in [0, 0.1) is 34.5 Å². The average molecular weight is 304 g/mol. The lowest BCUT2D eigenvalue weighted by Crippen LogP contribution is -2.54. The number of carbonyl (C=O) groups excluding carboxylic acids is 1. The fourth-order valence-electron chi connectivity index (χ4n) is 7.20. The van der Waals surface area contributed by atoms with Crippen molar-refractivity contribution in [2.45, 2.75) is 77.7 Å². The summed E-state index contributed by atoms with van der Waals surface area (Å²) in [6.45, 7) is 4.87. The molecule has 0 N–H and O–H groups in total. The minimum Gasteiger partial charge on any atom is -0.381 e. The molecule has 0 aromatic carbocycles. The minimum atomic E-state index is 0.0358. The number of ether oxygens (including phenoxy) is 1. The van der Waals surface area contributed by atoms with Crippen LogP contribution in [0.1, 0.15) is 71.6 Å². The number of hydrogen-bond acceptors (Lipinski definition) is 2. The molecule has 0 aliphatic heterocycles. The number of methoxy groups -OCH3 is 1. The molecule has 7 atom stereocenters. The van der Waals surface area contributed by atoms with Crippen LogP contribution in [0.2, 0.25) is 0 Å². The molecule has 4 rings (SSSR count). The maximum Gasteiger partial charge on any atom is 0.139 e. The Morgan fingerprint density at radius 1 is 1.00 bits per heavy atom. The van der Waals surface area contributed by atoms with E-state index in [0.29, 0.717) is 23.2 Å². The first-order chi connectivity index (χ1) is 10.5. The van der Waals surface area contributed by atoms with E-state index in [0.717, 1.165) is 30.6 Å². The number of hydrogen-bond donors (Lipinski definition) is 0. The Labute approximate surface area is 135 Å². The van der Waals surface area contributed by atoms with Crippen LogP contribution in [0.25, 0.3) is 0 Å². The van der Waals surface area contributed by atoms with Gasteiger partial charge in [-0.1, -0.05) is 13.8 Å². The minimum absolute atomic E-state index is 0.0358. The SMILES string of the molecule is COC1CC[C@@]2(C)[C@@H](CC[C@@H]3[C@@H]2CC[C@]2(C)C(=O)CC[C@@H]32)C1. The van der Waals surface area contributed by atoms with E-state index >= 15 is 0 Å². The second-order valence-electron chi connectivity index (χ2n) is 9.21. The van der Waals surface area contributed by atoms with Gasteiger partial charge < -0.3 is 4.74 Å². The zero-order valence-corrected chi connectivity index (χ0v) is 14.6. The second kappa shape index (κ2) is 5.06. The van der Waals surface area contributed by atoms with E-state index in [1.54, 1.807) is 0 Å². The fraction of sp³-hybridized carbons (Fsp3) is 0.950. The molecule has 2 heteroatoms. The van der Waals surface area contributed by atoms with Crippen molar-refractivity contribution in [2.24, 2.45) is 34.5 Å². The van der Waals surface area contributed by atoms with Crippen molar-refractivity contribution in [3.05, 3.63) is 0 Å². The summed E-state index contributed by atoms with van der Waals surface area (Å²) >= 11 is 0. The van der Waals surface area contributed by atoms with E-state index in [-0.39, 0.29) is 5.41 Å². The molecule has 0 saturated heterocycles. The summed E-state index contributed by atoms with van der Waals surface area (Å²) in [7, 11) is 1.88. The van der Waals surface area contributed by atoms with Gasteiger partial charge in [0, 0.05) is 18.9 Å².